The van der Waals surface area contributed by atoms with Gasteiger partial charge in [-0.15, -0.1) is 0 Å². The van der Waals surface area contributed by atoms with E-state index >= 15 is 0 Å². The molecule has 41 heavy (non-hydrogen) atoms. The van der Waals surface area contributed by atoms with Crippen LogP contribution in [0.15, 0.2) is 40.7 Å². The van der Waals surface area contributed by atoms with Gasteiger partial charge in [0.2, 0.25) is 0 Å². The van der Waals surface area contributed by atoms with Gasteiger partial charge >= 0.3 is 12.3 Å². The first-order valence-corrected chi connectivity index (χ1v) is 13.9. The lowest BCUT2D eigenvalue weighted by Crippen LogP contribution is -2.31. The Morgan fingerprint density at radius 2 is 1.85 bits per heavy atom. The van der Waals surface area contributed by atoms with Crippen LogP contribution in [0.25, 0.3) is 16.9 Å². The lowest BCUT2D eigenvalue weighted by molar-refractivity contribution is -0.137. The Bertz CT molecular complexity index is 1670. The van der Waals surface area contributed by atoms with Crippen LogP contribution in [-0.2, 0) is 16.2 Å². The molecule has 1 amide bonds. The van der Waals surface area contributed by atoms with Crippen molar-refractivity contribution in [3.8, 4) is 17.0 Å². The zero-order chi connectivity index (χ0) is 30.1. The fraction of sp³-hybridized carbons (Fsp3) is 0.304. The number of carbonyl (C=O) groups is 1. The number of alkyl halides is 5. The number of nitrogens with one attached hydrogen (secondary N) is 2. The molecule has 4 rings (SSSR count). The zero-order valence-electron chi connectivity index (χ0n) is 21.5. The van der Waals surface area contributed by atoms with Gasteiger partial charge in [0.15, 0.2) is 20.7 Å². The maximum atomic E-state index is 13.8. The predicted molar refractivity (Wildman–Crippen MR) is 139 cm³/mol. The molecule has 11 nitrogen and oxygen atoms in total. The fourth-order valence-electron chi connectivity index (χ4n) is 3.54. The fourth-order valence-corrected chi connectivity index (χ4v) is 6.00. The van der Waals surface area contributed by atoms with E-state index in [1.54, 1.807) is 19.0 Å². The van der Waals surface area contributed by atoms with E-state index in [0.29, 0.717) is 17.9 Å². The molecule has 18 heteroatoms. The number of anilines is 1. The molecule has 4 aromatic rings. The molecule has 0 fully saturated rings. The standard InChI is InChI=1S/C23H22F5N7O4S2/c1-12-20(41(37,38)30-8-9-34(2)3)40-21(31-12)33-22(36)39-17-11-29-35-16(18(24)25)10-15(32-19(17)35)13-4-6-14(7-5-13)23(26,27)28/h4-7,10-11,18,30H,8-9H2,1-3H3,(H,31,33,36). The summed E-state index contributed by atoms with van der Waals surface area (Å²) >= 11 is 0.676. The summed E-state index contributed by atoms with van der Waals surface area (Å²) in [7, 11) is -0.343. The van der Waals surface area contributed by atoms with Crippen molar-refractivity contribution in [3.63, 3.8) is 0 Å². The smallest absolute Gasteiger partial charge is 0.404 e. The Morgan fingerprint density at radius 1 is 1.17 bits per heavy atom. The van der Waals surface area contributed by atoms with E-state index < -0.39 is 40.0 Å². The first-order valence-electron chi connectivity index (χ1n) is 11.6. The minimum atomic E-state index is -4.59. The molecule has 0 unspecified atom stereocenters. The first-order chi connectivity index (χ1) is 19.2. The van der Waals surface area contributed by atoms with Gasteiger partial charge in [-0.2, -0.15) is 18.3 Å². The summed E-state index contributed by atoms with van der Waals surface area (Å²) in [6, 6.07) is 4.68. The van der Waals surface area contributed by atoms with Gasteiger partial charge < -0.3 is 9.64 Å². The molecule has 0 saturated carbocycles. The van der Waals surface area contributed by atoms with Crippen LogP contribution in [-0.4, -0.2) is 66.2 Å². The zero-order valence-corrected chi connectivity index (χ0v) is 23.2. The van der Waals surface area contributed by atoms with Crippen molar-refractivity contribution in [2.45, 2.75) is 23.7 Å². The van der Waals surface area contributed by atoms with Gasteiger partial charge in [0, 0.05) is 18.7 Å². The van der Waals surface area contributed by atoms with Gasteiger partial charge in [0.1, 0.15) is 5.69 Å². The number of fused-ring (bicyclic) bond motifs is 1. The van der Waals surface area contributed by atoms with Crippen molar-refractivity contribution in [3.05, 3.63) is 53.5 Å². The van der Waals surface area contributed by atoms with Gasteiger partial charge in [-0.1, -0.05) is 23.5 Å². The number of likely N-dealkylation sites (N-methyl/N-ethyl adjacent to an activating group) is 1. The van der Waals surface area contributed by atoms with E-state index in [1.807, 2.05) is 0 Å². The van der Waals surface area contributed by atoms with Crippen molar-refractivity contribution in [1.82, 2.24) is 29.2 Å². The van der Waals surface area contributed by atoms with E-state index in [4.69, 9.17) is 4.74 Å². The van der Waals surface area contributed by atoms with Gasteiger partial charge in [-0.3, -0.25) is 5.32 Å². The molecule has 0 aliphatic heterocycles. The van der Waals surface area contributed by atoms with Gasteiger partial charge in [-0.05, 0) is 39.2 Å². The number of halogens is 5. The van der Waals surface area contributed by atoms with Crippen LogP contribution in [0.2, 0.25) is 0 Å². The van der Waals surface area contributed by atoms with E-state index in [-0.39, 0.29) is 44.2 Å². The molecule has 0 atom stereocenters. The van der Waals surface area contributed by atoms with E-state index in [1.165, 1.54) is 6.92 Å². The molecule has 0 saturated heterocycles. The van der Waals surface area contributed by atoms with Crippen molar-refractivity contribution in [1.29, 1.82) is 0 Å². The van der Waals surface area contributed by atoms with E-state index in [2.05, 4.69) is 25.1 Å². The number of hydrogen-bond acceptors (Lipinski definition) is 9. The second-order valence-corrected chi connectivity index (χ2v) is 11.8. The molecule has 3 aromatic heterocycles. The topological polar surface area (TPSA) is 131 Å². The number of hydrogen-bond donors (Lipinski definition) is 2. The second-order valence-electron chi connectivity index (χ2n) is 8.79. The number of aromatic nitrogens is 4. The maximum absolute atomic E-state index is 13.8. The average molecular weight is 620 g/mol. The normalized spacial score (nSPS) is 12.4. The molecule has 0 radical (unpaired) electrons. The minimum Gasteiger partial charge on any atom is -0.404 e. The maximum Gasteiger partial charge on any atom is 0.419 e. The molecule has 1 aromatic carbocycles. The van der Waals surface area contributed by atoms with Crippen molar-refractivity contribution in [2.24, 2.45) is 0 Å². The molecule has 0 bridgehead atoms. The average Bonchev–Trinajstić information content (AvgIpc) is 3.45. The van der Waals surface area contributed by atoms with Crippen LogP contribution >= 0.6 is 11.3 Å². The number of thiazole rings is 1. The van der Waals surface area contributed by atoms with Crippen LogP contribution < -0.4 is 14.8 Å². The lowest BCUT2D eigenvalue weighted by atomic mass is 10.1. The van der Waals surface area contributed by atoms with Crippen LogP contribution in [0.3, 0.4) is 0 Å². The van der Waals surface area contributed by atoms with Crippen molar-refractivity contribution >= 4 is 38.2 Å². The number of carbonyl (C=O) groups excluding carboxylic acids is 1. The van der Waals surface area contributed by atoms with Crippen molar-refractivity contribution < 1.29 is 39.9 Å². The third kappa shape index (κ3) is 6.95. The Labute approximate surface area is 234 Å². The van der Waals surface area contributed by atoms with Gasteiger partial charge in [0.05, 0.1) is 23.1 Å². The highest BCUT2D eigenvalue weighted by atomic mass is 32.2. The highest BCUT2D eigenvalue weighted by Gasteiger charge is 2.30. The monoisotopic (exact) mass is 619 g/mol. The van der Waals surface area contributed by atoms with E-state index in [9.17, 15) is 35.2 Å². The molecule has 0 aliphatic carbocycles. The quantitative estimate of drug-likeness (QED) is 0.261. The molecule has 0 spiro atoms. The number of aryl methyl sites for hydroxylation is 1. The summed E-state index contributed by atoms with van der Waals surface area (Å²) in [4.78, 5) is 22.6. The second kappa shape index (κ2) is 11.6. The summed E-state index contributed by atoms with van der Waals surface area (Å²) < 4.78 is 99.8. The summed E-state index contributed by atoms with van der Waals surface area (Å²) in [5, 5.41) is 5.96. The summed E-state index contributed by atoms with van der Waals surface area (Å²) in [5.74, 6) is -0.343. The van der Waals surface area contributed by atoms with Crippen LogP contribution in [0.1, 0.15) is 23.4 Å². The van der Waals surface area contributed by atoms with Crippen LogP contribution in [0, 0.1) is 6.92 Å². The minimum absolute atomic E-state index is 0.102. The third-order valence-electron chi connectivity index (χ3n) is 5.46. The highest BCUT2D eigenvalue weighted by molar-refractivity contribution is 7.91. The number of benzene rings is 1. The summed E-state index contributed by atoms with van der Waals surface area (Å²) in [6.45, 7) is 2.04. The Morgan fingerprint density at radius 3 is 2.46 bits per heavy atom. The molecule has 220 valence electrons. The molecule has 0 aliphatic rings. The Kier molecular flexibility index (Phi) is 8.57. The first kappa shape index (κ1) is 30.2. The van der Waals surface area contributed by atoms with E-state index in [0.717, 1.165) is 41.0 Å². The number of amides is 1. The van der Waals surface area contributed by atoms with Crippen LogP contribution in [0.4, 0.5) is 31.9 Å². The Balaban J connectivity index is 1.57. The number of ether oxygens (including phenoxy) is 1. The lowest BCUT2D eigenvalue weighted by Gasteiger charge is -2.10. The Hall–Kier alpha value is -3.74. The summed E-state index contributed by atoms with van der Waals surface area (Å²) in [5.41, 5.74) is -1.77. The number of sulfonamides is 1. The molecule has 2 N–H and O–H groups in total. The molecular formula is C23H22F5N7O4S2. The predicted octanol–water partition coefficient (Wildman–Crippen LogP) is 4.57. The highest BCUT2D eigenvalue weighted by Crippen LogP contribution is 2.33. The van der Waals surface area contributed by atoms with Gasteiger partial charge in [-0.25, -0.2) is 41.2 Å². The SMILES string of the molecule is Cc1nc(NC(=O)Oc2cnn3c(C(F)F)cc(-c4ccc(C(F)(F)F)cc4)nc23)sc1S(=O)(=O)NCCN(C)C. The molecule has 3 heterocycles. The van der Waals surface area contributed by atoms with Crippen molar-refractivity contribution in [2.75, 3.05) is 32.5 Å². The number of rotatable bonds is 9. The largest absolute Gasteiger partial charge is 0.419 e. The third-order valence-corrected chi connectivity index (χ3v) is 8.60. The summed E-state index contributed by atoms with van der Waals surface area (Å²) in [6.07, 6.45) is -7.83. The van der Waals surface area contributed by atoms with Gasteiger partial charge in [0.25, 0.3) is 16.4 Å². The number of nitrogens with zero attached hydrogens (tertiary/aromatic N) is 5. The van der Waals surface area contributed by atoms with Crippen LogP contribution in [0.5, 0.6) is 5.75 Å². The molecular weight excluding hydrogens is 597 g/mol.